The number of pyridine rings is 1. The van der Waals surface area contributed by atoms with Gasteiger partial charge in [-0.05, 0) is 12.1 Å². The summed E-state index contributed by atoms with van der Waals surface area (Å²) in [4.78, 5) is 15.4. The van der Waals surface area contributed by atoms with E-state index in [0.29, 0.717) is 5.82 Å². The van der Waals surface area contributed by atoms with Crippen LogP contribution >= 0.6 is 12.4 Å². The Kier molecular flexibility index (Phi) is 4.33. The molecule has 6 heteroatoms. The summed E-state index contributed by atoms with van der Waals surface area (Å²) in [7, 11) is 0. The second kappa shape index (κ2) is 5.53. The number of halogens is 1. The van der Waals surface area contributed by atoms with Crippen molar-refractivity contribution in [3.05, 3.63) is 24.4 Å². The molecule has 1 saturated heterocycles. The molecule has 1 fully saturated rings. The van der Waals surface area contributed by atoms with E-state index in [1.807, 2.05) is 12.1 Å². The zero-order valence-corrected chi connectivity index (χ0v) is 8.88. The molecular weight excluding hydrogens is 216 g/mol. The van der Waals surface area contributed by atoms with Crippen molar-refractivity contribution in [2.24, 2.45) is 5.92 Å². The van der Waals surface area contributed by atoms with Crippen molar-refractivity contribution >= 4 is 24.1 Å². The van der Waals surface area contributed by atoms with Gasteiger partial charge in [0.15, 0.2) is 0 Å². The summed E-state index contributed by atoms with van der Waals surface area (Å²) < 4.78 is 0. The van der Waals surface area contributed by atoms with Crippen molar-refractivity contribution < 1.29 is 4.79 Å². The number of carbonyl (C=O) groups excluding carboxylic acids is 1. The molecule has 0 radical (unpaired) electrons. The van der Waals surface area contributed by atoms with Gasteiger partial charge in [0.1, 0.15) is 5.82 Å². The van der Waals surface area contributed by atoms with E-state index in [2.05, 4.69) is 21.2 Å². The average Bonchev–Trinajstić information content (AvgIpc) is 2.14. The Morgan fingerprint density at radius 2 is 2.27 bits per heavy atom. The normalized spacial score (nSPS) is 14.7. The van der Waals surface area contributed by atoms with Crippen LogP contribution in [0, 0.1) is 5.92 Å². The first kappa shape index (κ1) is 11.7. The quantitative estimate of drug-likeness (QED) is 0.646. The van der Waals surface area contributed by atoms with Crippen LogP contribution in [0.4, 0.5) is 5.82 Å². The molecule has 15 heavy (non-hydrogen) atoms. The Morgan fingerprint density at radius 1 is 1.47 bits per heavy atom. The minimum Gasteiger partial charge on any atom is -0.315 e. The van der Waals surface area contributed by atoms with Crippen LogP contribution in [-0.2, 0) is 4.79 Å². The van der Waals surface area contributed by atoms with E-state index in [4.69, 9.17) is 0 Å². The van der Waals surface area contributed by atoms with Gasteiger partial charge < -0.3 is 5.32 Å². The van der Waals surface area contributed by atoms with Gasteiger partial charge in [0.05, 0.1) is 5.92 Å². The third-order valence-electron chi connectivity index (χ3n) is 2.13. The summed E-state index contributed by atoms with van der Waals surface area (Å²) in [5, 5.41) is 3.04. The van der Waals surface area contributed by atoms with Crippen LogP contribution in [0.2, 0.25) is 0 Å². The summed E-state index contributed by atoms with van der Waals surface area (Å²) in [5.74, 6) is 0.744. The molecule has 0 unspecified atom stereocenters. The van der Waals surface area contributed by atoms with Crippen LogP contribution in [0.1, 0.15) is 0 Å². The largest absolute Gasteiger partial charge is 0.315 e. The Bertz CT molecular complexity index is 315. The van der Waals surface area contributed by atoms with E-state index < -0.39 is 0 Å². The van der Waals surface area contributed by atoms with E-state index in [9.17, 15) is 4.79 Å². The van der Waals surface area contributed by atoms with Gasteiger partial charge in [-0.3, -0.25) is 15.6 Å². The lowest BCUT2D eigenvalue weighted by atomic mass is 10.0. The number of hydrazine groups is 1. The summed E-state index contributed by atoms with van der Waals surface area (Å²) >= 11 is 0. The third kappa shape index (κ3) is 3.07. The second-order valence-electron chi connectivity index (χ2n) is 3.18. The van der Waals surface area contributed by atoms with Gasteiger partial charge >= 0.3 is 0 Å². The van der Waals surface area contributed by atoms with E-state index in [0.717, 1.165) is 13.1 Å². The number of hydrogen-bond acceptors (Lipinski definition) is 4. The first-order valence-corrected chi connectivity index (χ1v) is 4.54. The Morgan fingerprint density at radius 3 is 2.80 bits per heavy atom. The maximum atomic E-state index is 11.4. The number of nitrogens with zero attached hydrogens (tertiary/aromatic N) is 1. The fourth-order valence-corrected chi connectivity index (χ4v) is 1.14. The number of anilines is 1. The molecule has 0 aromatic carbocycles. The molecule has 1 aromatic rings. The van der Waals surface area contributed by atoms with Crippen LogP contribution in [0.3, 0.4) is 0 Å². The minimum atomic E-state index is 0. The van der Waals surface area contributed by atoms with Gasteiger partial charge in [0, 0.05) is 19.3 Å². The topological polar surface area (TPSA) is 66.0 Å². The minimum absolute atomic E-state index is 0. The smallest absolute Gasteiger partial charge is 0.244 e. The highest BCUT2D eigenvalue weighted by Crippen LogP contribution is 2.02. The molecule has 0 aliphatic carbocycles. The number of aromatic nitrogens is 1. The maximum Gasteiger partial charge on any atom is 0.244 e. The Balaban J connectivity index is 0.00000112. The van der Waals surface area contributed by atoms with Gasteiger partial charge in [0.2, 0.25) is 5.91 Å². The summed E-state index contributed by atoms with van der Waals surface area (Å²) in [6, 6.07) is 5.47. The van der Waals surface area contributed by atoms with Gasteiger partial charge in [-0.2, -0.15) is 0 Å². The molecule has 1 aliphatic heterocycles. The van der Waals surface area contributed by atoms with E-state index in [1.54, 1.807) is 12.3 Å². The molecule has 0 saturated carbocycles. The molecule has 0 bridgehead atoms. The van der Waals surface area contributed by atoms with E-state index >= 15 is 0 Å². The highest BCUT2D eigenvalue weighted by molar-refractivity contribution is 5.85. The van der Waals surface area contributed by atoms with Crippen molar-refractivity contribution in [1.82, 2.24) is 15.7 Å². The van der Waals surface area contributed by atoms with Gasteiger partial charge in [-0.15, -0.1) is 12.4 Å². The lowest BCUT2D eigenvalue weighted by Gasteiger charge is -2.25. The lowest BCUT2D eigenvalue weighted by Crippen LogP contribution is -2.51. The molecule has 1 aliphatic rings. The zero-order valence-electron chi connectivity index (χ0n) is 8.06. The SMILES string of the molecule is Cl.O=C(NNc1ccccn1)C1CNC1. The van der Waals surface area contributed by atoms with Crippen LogP contribution in [0.25, 0.3) is 0 Å². The first-order valence-electron chi connectivity index (χ1n) is 4.54. The number of amides is 1. The molecular formula is C9H13ClN4O. The first-order chi connectivity index (χ1) is 6.86. The average molecular weight is 229 g/mol. The predicted octanol–water partition coefficient (Wildman–Crippen LogP) is 0.166. The number of rotatable bonds is 3. The molecule has 3 N–H and O–H groups in total. The highest BCUT2D eigenvalue weighted by Gasteiger charge is 2.24. The molecule has 0 spiro atoms. The molecule has 0 atom stereocenters. The third-order valence-corrected chi connectivity index (χ3v) is 2.13. The molecule has 1 amide bonds. The fraction of sp³-hybridized carbons (Fsp3) is 0.333. The summed E-state index contributed by atoms with van der Waals surface area (Å²) in [5.41, 5.74) is 5.36. The molecule has 2 rings (SSSR count). The van der Waals surface area contributed by atoms with Gasteiger partial charge in [-0.25, -0.2) is 4.98 Å². The van der Waals surface area contributed by atoms with E-state index in [-0.39, 0.29) is 24.2 Å². The van der Waals surface area contributed by atoms with Gasteiger partial charge in [-0.1, -0.05) is 6.07 Å². The van der Waals surface area contributed by atoms with Crippen LogP contribution in [0.5, 0.6) is 0 Å². The van der Waals surface area contributed by atoms with Crippen molar-refractivity contribution in [3.63, 3.8) is 0 Å². The Labute approximate surface area is 94.0 Å². The van der Waals surface area contributed by atoms with Crippen molar-refractivity contribution in [1.29, 1.82) is 0 Å². The van der Waals surface area contributed by atoms with E-state index in [1.165, 1.54) is 0 Å². The summed E-state index contributed by atoms with van der Waals surface area (Å²) in [6.45, 7) is 1.52. The standard InChI is InChI=1S/C9H12N4O.ClH/c14-9(7-5-10-6-7)13-12-8-3-1-2-4-11-8;/h1-4,7,10H,5-6H2,(H,11,12)(H,13,14);1H. The maximum absolute atomic E-state index is 11.4. The van der Waals surface area contributed by atoms with Gasteiger partial charge in [0.25, 0.3) is 0 Å². The fourth-order valence-electron chi connectivity index (χ4n) is 1.14. The highest BCUT2D eigenvalue weighted by atomic mass is 35.5. The molecule has 82 valence electrons. The second-order valence-corrected chi connectivity index (χ2v) is 3.18. The molecule has 1 aromatic heterocycles. The molecule has 2 heterocycles. The predicted molar refractivity (Wildman–Crippen MR) is 59.6 cm³/mol. The zero-order chi connectivity index (χ0) is 9.80. The monoisotopic (exact) mass is 228 g/mol. The number of nitrogens with one attached hydrogen (secondary N) is 3. The van der Waals surface area contributed by atoms with Crippen LogP contribution in [-0.4, -0.2) is 24.0 Å². The number of hydrogen-bond donors (Lipinski definition) is 3. The number of carbonyl (C=O) groups is 1. The lowest BCUT2D eigenvalue weighted by molar-refractivity contribution is -0.125. The van der Waals surface area contributed by atoms with Crippen molar-refractivity contribution in [2.45, 2.75) is 0 Å². The summed E-state index contributed by atoms with van der Waals surface area (Å²) in [6.07, 6.45) is 1.67. The van der Waals surface area contributed by atoms with Crippen molar-refractivity contribution in [2.75, 3.05) is 18.5 Å². The Hall–Kier alpha value is -1.33. The van der Waals surface area contributed by atoms with Crippen LogP contribution < -0.4 is 16.2 Å². The molecule has 5 nitrogen and oxygen atoms in total. The van der Waals surface area contributed by atoms with Crippen LogP contribution in [0.15, 0.2) is 24.4 Å². The van der Waals surface area contributed by atoms with Crippen molar-refractivity contribution in [3.8, 4) is 0 Å².